The highest BCUT2D eigenvalue weighted by atomic mass is 16.5. The molecule has 0 fully saturated rings. The summed E-state index contributed by atoms with van der Waals surface area (Å²) in [4.78, 5) is 25.5. The summed E-state index contributed by atoms with van der Waals surface area (Å²) in [5, 5.41) is 19.0. The van der Waals surface area contributed by atoms with Gasteiger partial charge in [0, 0.05) is 11.8 Å². The third-order valence-corrected chi connectivity index (χ3v) is 2.43. The van der Waals surface area contributed by atoms with Gasteiger partial charge in [-0.25, -0.2) is 4.79 Å². The van der Waals surface area contributed by atoms with Crippen molar-refractivity contribution in [3.8, 4) is 11.5 Å². The second kappa shape index (κ2) is 4.13. The highest BCUT2D eigenvalue weighted by Crippen LogP contribution is 2.16. The van der Waals surface area contributed by atoms with Crippen LogP contribution >= 0.6 is 0 Å². The zero-order valence-electron chi connectivity index (χ0n) is 9.43. The first-order chi connectivity index (χ1) is 8.49. The van der Waals surface area contributed by atoms with Crippen LogP contribution in [0.3, 0.4) is 0 Å². The molecule has 2 aromatic rings. The molecule has 7 nitrogen and oxygen atoms in total. The molecule has 0 saturated heterocycles. The summed E-state index contributed by atoms with van der Waals surface area (Å²) < 4.78 is 5.80. The van der Waals surface area contributed by atoms with Gasteiger partial charge in [0.25, 0.3) is 5.43 Å². The van der Waals surface area contributed by atoms with E-state index in [0.717, 1.165) is 4.40 Å². The first kappa shape index (κ1) is 12.1. The van der Waals surface area contributed by atoms with Gasteiger partial charge in [0.05, 0.1) is 6.61 Å². The number of aromatic hydroxyl groups is 2. The number of esters is 1. The minimum atomic E-state index is -1.01. The molecular formula is C10H9BN2O5. The summed E-state index contributed by atoms with van der Waals surface area (Å²) >= 11 is 0. The van der Waals surface area contributed by atoms with Crippen molar-refractivity contribution in [3.05, 3.63) is 22.1 Å². The number of pyridine rings is 1. The average molecular weight is 248 g/mol. The fraction of sp³-hybridized carbons (Fsp3) is 0.200. The lowest BCUT2D eigenvalue weighted by Gasteiger charge is -2.07. The fourth-order valence-electron chi connectivity index (χ4n) is 1.61. The van der Waals surface area contributed by atoms with Gasteiger partial charge >= 0.3 is 5.97 Å². The topological polar surface area (TPSA) is 104 Å². The molecule has 0 unspecified atom stereocenters. The van der Waals surface area contributed by atoms with Crippen molar-refractivity contribution in [1.82, 2.24) is 9.38 Å². The molecule has 3 N–H and O–H groups in total. The Hall–Kier alpha value is -2.38. The Morgan fingerprint density at radius 1 is 1.50 bits per heavy atom. The van der Waals surface area contributed by atoms with Crippen molar-refractivity contribution in [2.45, 2.75) is 6.92 Å². The van der Waals surface area contributed by atoms with Crippen LogP contribution in [0.2, 0.25) is 0 Å². The van der Waals surface area contributed by atoms with Gasteiger partial charge in [0.2, 0.25) is 5.75 Å². The first-order valence-corrected chi connectivity index (χ1v) is 5.09. The van der Waals surface area contributed by atoms with Gasteiger partial charge in [0.1, 0.15) is 13.5 Å². The van der Waals surface area contributed by atoms with E-state index in [0.29, 0.717) is 0 Å². The maximum atomic E-state index is 11.6. The van der Waals surface area contributed by atoms with E-state index in [-0.39, 0.29) is 23.5 Å². The molecule has 18 heavy (non-hydrogen) atoms. The zero-order chi connectivity index (χ0) is 13.4. The standard InChI is InChI=1S/C10H9BN2O5/c1-2-18-10(17)4-3-12-9-7(16)5(14)6(15)8(11)13(4)9/h3,12,15-16H,2H2,1H3. The van der Waals surface area contributed by atoms with Crippen LogP contribution in [0.1, 0.15) is 17.4 Å². The molecule has 2 rings (SSSR count). The normalized spacial score (nSPS) is 10.7. The van der Waals surface area contributed by atoms with E-state index >= 15 is 0 Å². The number of H-pyrrole nitrogens is 1. The van der Waals surface area contributed by atoms with Crippen molar-refractivity contribution in [3.63, 3.8) is 0 Å². The Bertz CT molecular complexity index is 688. The molecule has 0 amide bonds. The zero-order valence-corrected chi connectivity index (χ0v) is 9.43. The molecule has 2 radical (unpaired) electrons. The van der Waals surface area contributed by atoms with Gasteiger partial charge in [-0.2, -0.15) is 0 Å². The minimum absolute atomic E-state index is 0.0325. The Morgan fingerprint density at radius 2 is 2.17 bits per heavy atom. The van der Waals surface area contributed by atoms with Crippen molar-refractivity contribution >= 4 is 25.1 Å². The third-order valence-electron chi connectivity index (χ3n) is 2.43. The predicted molar refractivity (Wildman–Crippen MR) is 62.7 cm³/mol. The molecule has 0 bridgehead atoms. The van der Waals surface area contributed by atoms with Crippen molar-refractivity contribution in [1.29, 1.82) is 0 Å². The molecule has 0 aliphatic heterocycles. The van der Waals surface area contributed by atoms with Crippen LogP contribution in [0.4, 0.5) is 0 Å². The number of aromatic amines is 1. The highest BCUT2D eigenvalue weighted by Gasteiger charge is 2.20. The molecule has 8 heteroatoms. The first-order valence-electron chi connectivity index (χ1n) is 5.09. The van der Waals surface area contributed by atoms with Crippen LogP contribution in [0, 0.1) is 0 Å². The molecular weight excluding hydrogens is 239 g/mol. The van der Waals surface area contributed by atoms with Crippen molar-refractivity contribution in [2.75, 3.05) is 6.61 Å². The van der Waals surface area contributed by atoms with E-state index < -0.39 is 22.9 Å². The van der Waals surface area contributed by atoms with Crippen LogP contribution in [-0.2, 0) is 4.74 Å². The molecule has 0 saturated carbocycles. The second-order valence-corrected chi connectivity index (χ2v) is 3.49. The number of hydrogen-bond donors (Lipinski definition) is 3. The molecule has 92 valence electrons. The molecule has 0 aliphatic carbocycles. The number of imidazole rings is 1. The SMILES string of the molecule is [B]c1c(O)c(=O)c(O)c2[nH]cc(C(=O)OCC)n12. The average Bonchev–Trinajstić information content (AvgIpc) is 2.79. The summed E-state index contributed by atoms with van der Waals surface area (Å²) in [6, 6.07) is 0. The van der Waals surface area contributed by atoms with Gasteiger partial charge in [-0.3, -0.25) is 9.20 Å². The summed E-state index contributed by atoms with van der Waals surface area (Å²) in [6.07, 6.45) is 1.22. The Labute approximate surface area is 102 Å². The number of fused-ring (bicyclic) bond motifs is 1. The molecule has 2 aromatic heterocycles. The molecule has 0 aliphatic rings. The van der Waals surface area contributed by atoms with Crippen LogP contribution in [0.15, 0.2) is 11.0 Å². The number of rotatable bonds is 2. The van der Waals surface area contributed by atoms with Gasteiger partial charge in [-0.1, -0.05) is 0 Å². The number of nitrogens with zero attached hydrogens (tertiary/aromatic N) is 1. The molecule has 2 heterocycles. The summed E-state index contributed by atoms with van der Waals surface area (Å²) in [5.74, 6) is -2.25. The minimum Gasteiger partial charge on any atom is -0.503 e. The maximum Gasteiger partial charge on any atom is 0.356 e. The lowest BCUT2D eigenvalue weighted by molar-refractivity contribution is 0.0518. The van der Waals surface area contributed by atoms with Crippen molar-refractivity contribution < 1.29 is 19.7 Å². The number of carbonyl (C=O) groups is 1. The summed E-state index contributed by atoms with van der Waals surface area (Å²) in [5.41, 5.74) is -1.48. The lowest BCUT2D eigenvalue weighted by Crippen LogP contribution is -2.25. The van der Waals surface area contributed by atoms with Gasteiger partial charge in [-0.05, 0) is 6.92 Å². The fourth-order valence-corrected chi connectivity index (χ4v) is 1.61. The summed E-state index contributed by atoms with van der Waals surface area (Å²) in [7, 11) is 5.54. The number of ether oxygens (including phenoxy) is 1. The van der Waals surface area contributed by atoms with E-state index in [9.17, 15) is 19.8 Å². The Balaban J connectivity index is 2.81. The molecule has 0 aromatic carbocycles. The predicted octanol–water partition coefficient (Wildman–Crippen LogP) is -0.991. The highest BCUT2D eigenvalue weighted by molar-refractivity contribution is 6.33. The third kappa shape index (κ3) is 1.53. The van der Waals surface area contributed by atoms with Gasteiger partial charge in [-0.15, -0.1) is 0 Å². The Morgan fingerprint density at radius 3 is 2.78 bits per heavy atom. The largest absolute Gasteiger partial charge is 0.503 e. The second-order valence-electron chi connectivity index (χ2n) is 3.49. The van der Waals surface area contributed by atoms with Crippen LogP contribution < -0.4 is 11.0 Å². The van der Waals surface area contributed by atoms with E-state index in [4.69, 9.17) is 12.6 Å². The monoisotopic (exact) mass is 248 g/mol. The number of carbonyl (C=O) groups excluding carboxylic acids is 1. The van der Waals surface area contributed by atoms with E-state index in [1.807, 2.05) is 0 Å². The molecule has 0 atom stereocenters. The van der Waals surface area contributed by atoms with Gasteiger partial charge < -0.3 is 19.9 Å². The van der Waals surface area contributed by atoms with Gasteiger partial charge in [0.15, 0.2) is 11.4 Å². The quantitative estimate of drug-likeness (QED) is 0.467. The summed E-state index contributed by atoms with van der Waals surface area (Å²) in [6.45, 7) is 1.79. The number of hydrogen-bond acceptors (Lipinski definition) is 5. The van der Waals surface area contributed by atoms with Crippen LogP contribution in [-0.4, -0.2) is 40.0 Å². The van der Waals surface area contributed by atoms with E-state index in [1.54, 1.807) is 6.92 Å². The number of aromatic nitrogens is 2. The number of nitrogens with one attached hydrogen (secondary N) is 1. The Kier molecular flexibility index (Phi) is 2.78. The maximum absolute atomic E-state index is 11.6. The van der Waals surface area contributed by atoms with E-state index in [1.165, 1.54) is 6.20 Å². The van der Waals surface area contributed by atoms with Crippen molar-refractivity contribution in [2.24, 2.45) is 0 Å². The smallest absolute Gasteiger partial charge is 0.356 e. The van der Waals surface area contributed by atoms with Crippen LogP contribution in [0.5, 0.6) is 11.5 Å². The van der Waals surface area contributed by atoms with Crippen LogP contribution in [0.25, 0.3) is 5.65 Å². The lowest BCUT2D eigenvalue weighted by atomic mass is 10.0. The molecule has 0 spiro atoms. The van der Waals surface area contributed by atoms with E-state index in [2.05, 4.69) is 4.98 Å².